The summed E-state index contributed by atoms with van der Waals surface area (Å²) in [5, 5.41) is 0. The lowest BCUT2D eigenvalue weighted by atomic mass is 10.1. The maximum atomic E-state index is 14.1. The van der Waals surface area contributed by atoms with Crippen LogP contribution in [0.4, 0.5) is 0 Å². The molecule has 41 heavy (non-hydrogen) atoms. The Hall–Kier alpha value is -1.98. The molecular weight excluding hydrogens is 533 g/mol. The quantitative estimate of drug-likeness (QED) is 0.0734. The van der Waals surface area contributed by atoms with Crippen molar-refractivity contribution >= 4 is 13.6 Å². The standard InChI is InChI=1S/C34H54NO5P/c1-5-6-7-8-9-10-11-12-13-14-21-26-34(36)40-33(30(2)35(3)4)29-41(37,38-27-31-22-17-15-18-23-31)39-28-32-24-19-16-20-25-32/h15-20,22-25,30,33H,5-14,21,26-29H2,1-4H3/t30-,33+/m1/s1. The minimum absolute atomic E-state index is 0.00396. The molecule has 2 aromatic rings. The van der Waals surface area contributed by atoms with Gasteiger partial charge in [0.05, 0.1) is 19.4 Å². The highest BCUT2D eigenvalue weighted by molar-refractivity contribution is 7.53. The molecule has 0 amide bonds. The van der Waals surface area contributed by atoms with Gasteiger partial charge in [-0.05, 0) is 38.6 Å². The third-order valence-electron chi connectivity index (χ3n) is 7.56. The van der Waals surface area contributed by atoms with Crippen molar-refractivity contribution in [3.63, 3.8) is 0 Å². The second-order valence-corrected chi connectivity index (χ2v) is 13.4. The smallest absolute Gasteiger partial charge is 0.335 e. The van der Waals surface area contributed by atoms with Crippen molar-refractivity contribution in [1.82, 2.24) is 4.90 Å². The molecule has 0 unspecified atom stereocenters. The van der Waals surface area contributed by atoms with Crippen molar-refractivity contribution in [1.29, 1.82) is 0 Å². The van der Waals surface area contributed by atoms with Gasteiger partial charge < -0.3 is 18.7 Å². The van der Waals surface area contributed by atoms with E-state index in [0.29, 0.717) is 6.42 Å². The summed E-state index contributed by atoms with van der Waals surface area (Å²) >= 11 is 0. The van der Waals surface area contributed by atoms with Crippen molar-refractivity contribution in [2.24, 2.45) is 0 Å². The average molecular weight is 588 g/mol. The molecule has 230 valence electrons. The van der Waals surface area contributed by atoms with Gasteiger partial charge in [-0.15, -0.1) is 0 Å². The van der Waals surface area contributed by atoms with E-state index in [-0.39, 0.29) is 31.4 Å². The number of benzene rings is 2. The van der Waals surface area contributed by atoms with Gasteiger partial charge in [-0.1, -0.05) is 132 Å². The summed E-state index contributed by atoms with van der Waals surface area (Å²) in [5.41, 5.74) is 1.81. The Labute approximate surface area is 249 Å². The number of unbranched alkanes of at least 4 members (excludes halogenated alkanes) is 10. The number of ether oxygens (including phenoxy) is 1. The van der Waals surface area contributed by atoms with Crippen LogP contribution in [0.3, 0.4) is 0 Å². The first kappa shape index (κ1) is 35.2. The zero-order valence-electron chi connectivity index (χ0n) is 26.0. The molecule has 0 saturated carbocycles. The molecule has 0 heterocycles. The van der Waals surface area contributed by atoms with Crippen LogP contribution < -0.4 is 0 Å². The summed E-state index contributed by atoms with van der Waals surface area (Å²) in [6, 6.07) is 19.1. The Morgan fingerprint density at radius 2 is 1.17 bits per heavy atom. The van der Waals surface area contributed by atoms with E-state index >= 15 is 0 Å². The summed E-state index contributed by atoms with van der Waals surface area (Å²) in [6.45, 7) is 4.53. The minimum atomic E-state index is -3.62. The van der Waals surface area contributed by atoms with Crippen LogP contribution in [0, 0.1) is 0 Å². The van der Waals surface area contributed by atoms with Gasteiger partial charge in [0.25, 0.3) is 0 Å². The summed E-state index contributed by atoms with van der Waals surface area (Å²) in [7, 11) is 0.236. The van der Waals surface area contributed by atoms with Gasteiger partial charge in [0.1, 0.15) is 6.10 Å². The Bertz CT molecular complexity index is 938. The number of carbonyl (C=O) groups excluding carboxylic acids is 1. The van der Waals surface area contributed by atoms with Gasteiger partial charge in [-0.25, -0.2) is 0 Å². The number of carbonyl (C=O) groups is 1. The maximum Gasteiger partial charge on any atom is 0.335 e. The molecular formula is C34H54NO5P. The fourth-order valence-electron chi connectivity index (χ4n) is 4.64. The van der Waals surface area contributed by atoms with Crippen LogP contribution in [0.25, 0.3) is 0 Å². The number of hydrogen-bond donors (Lipinski definition) is 0. The Balaban J connectivity index is 1.90. The Morgan fingerprint density at radius 3 is 1.61 bits per heavy atom. The molecule has 0 radical (unpaired) electrons. The van der Waals surface area contributed by atoms with E-state index in [2.05, 4.69) is 6.92 Å². The van der Waals surface area contributed by atoms with Gasteiger partial charge >= 0.3 is 13.6 Å². The minimum Gasteiger partial charge on any atom is -0.460 e. The number of esters is 1. The molecule has 2 aromatic carbocycles. The summed E-state index contributed by atoms with van der Waals surface area (Å²) in [4.78, 5) is 14.8. The van der Waals surface area contributed by atoms with Crippen LogP contribution in [0.5, 0.6) is 0 Å². The van der Waals surface area contributed by atoms with Crippen molar-refractivity contribution in [2.45, 2.75) is 116 Å². The molecule has 2 rings (SSSR count). The number of likely N-dealkylation sites (N-methyl/N-ethyl adjacent to an activating group) is 1. The first-order valence-electron chi connectivity index (χ1n) is 15.6. The van der Waals surface area contributed by atoms with E-state index in [1.54, 1.807) is 0 Å². The lowest BCUT2D eigenvalue weighted by Crippen LogP contribution is -2.41. The maximum absolute atomic E-state index is 14.1. The first-order chi connectivity index (χ1) is 19.8. The van der Waals surface area contributed by atoms with Crippen LogP contribution in [0.2, 0.25) is 0 Å². The Kier molecular flexibility index (Phi) is 17.9. The molecule has 0 saturated heterocycles. The molecule has 0 aromatic heterocycles. The van der Waals surface area contributed by atoms with Crippen LogP contribution in [-0.2, 0) is 36.4 Å². The largest absolute Gasteiger partial charge is 0.460 e. The van der Waals surface area contributed by atoms with Gasteiger partial charge in [0.2, 0.25) is 0 Å². The van der Waals surface area contributed by atoms with Crippen LogP contribution in [0.15, 0.2) is 60.7 Å². The normalized spacial score (nSPS) is 13.3. The molecule has 7 heteroatoms. The van der Waals surface area contributed by atoms with E-state index in [4.69, 9.17) is 13.8 Å². The monoisotopic (exact) mass is 587 g/mol. The lowest BCUT2D eigenvalue weighted by Gasteiger charge is -2.31. The second-order valence-electron chi connectivity index (χ2n) is 11.3. The molecule has 6 nitrogen and oxygen atoms in total. The molecule has 0 aliphatic rings. The number of hydrogen-bond acceptors (Lipinski definition) is 6. The van der Waals surface area contributed by atoms with Crippen LogP contribution in [-0.4, -0.2) is 43.3 Å². The topological polar surface area (TPSA) is 65.1 Å². The van der Waals surface area contributed by atoms with E-state index in [9.17, 15) is 9.36 Å². The number of nitrogens with zero attached hydrogens (tertiary/aromatic N) is 1. The van der Waals surface area contributed by atoms with Gasteiger partial charge in [0, 0.05) is 12.5 Å². The molecule has 0 bridgehead atoms. The van der Waals surface area contributed by atoms with Crippen molar-refractivity contribution < 1.29 is 23.1 Å². The zero-order valence-corrected chi connectivity index (χ0v) is 26.9. The fraction of sp³-hybridized carbons (Fsp3) is 0.618. The highest BCUT2D eigenvalue weighted by Gasteiger charge is 2.35. The van der Waals surface area contributed by atoms with Gasteiger partial charge in [-0.3, -0.25) is 9.36 Å². The first-order valence-corrected chi connectivity index (χ1v) is 17.4. The van der Waals surface area contributed by atoms with Crippen molar-refractivity contribution in [3.05, 3.63) is 71.8 Å². The van der Waals surface area contributed by atoms with E-state index in [1.165, 1.54) is 51.4 Å². The third-order valence-corrected chi connectivity index (χ3v) is 9.42. The Morgan fingerprint density at radius 1 is 0.732 bits per heavy atom. The van der Waals surface area contributed by atoms with Crippen LogP contribution in [0.1, 0.15) is 102 Å². The van der Waals surface area contributed by atoms with Crippen LogP contribution >= 0.6 is 7.60 Å². The lowest BCUT2D eigenvalue weighted by molar-refractivity contribution is -0.150. The van der Waals surface area contributed by atoms with Gasteiger partial charge in [-0.2, -0.15) is 0 Å². The van der Waals surface area contributed by atoms with Crippen molar-refractivity contribution in [2.75, 3.05) is 20.3 Å². The fourth-order valence-corrected chi connectivity index (χ4v) is 6.44. The second kappa shape index (κ2) is 20.8. The molecule has 0 spiro atoms. The van der Waals surface area contributed by atoms with E-state index in [1.807, 2.05) is 86.6 Å². The third kappa shape index (κ3) is 15.7. The highest BCUT2D eigenvalue weighted by Crippen LogP contribution is 2.51. The highest BCUT2D eigenvalue weighted by atomic mass is 31.2. The predicted octanol–water partition coefficient (Wildman–Crippen LogP) is 9.18. The predicted molar refractivity (Wildman–Crippen MR) is 169 cm³/mol. The SMILES string of the molecule is CCCCCCCCCCCCCC(=O)O[C@@H](CP(=O)(OCc1ccccc1)OCc1ccccc1)[C@@H](C)N(C)C. The number of rotatable bonds is 23. The average Bonchev–Trinajstić information content (AvgIpc) is 2.98. The van der Waals surface area contributed by atoms with Crippen molar-refractivity contribution in [3.8, 4) is 0 Å². The summed E-state index contributed by atoms with van der Waals surface area (Å²) < 4.78 is 32.0. The van der Waals surface area contributed by atoms with E-state index < -0.39 is 13.7 Å². The molecule has 0 fully saturated rings. The van der Waals surface area contributed by atoms with Gasteiger partial charge in [0.15, 0.2) is 0 Å². The zero-order chi connectivity index (χ0) is 29.8. The summed E-state index contributed by atoms with van der Waals surface area (Å²) in [6.07, 6.45) is 13.2. The molecule has 0 aliphatic heterocycles. The summed E-state index contributed by atoms with van der Waals surface area (Å²) in [5.74, 6) is -0.253. The molecule has 0 N–H and O–H groups in total. The van der Waals surface area contributed by atoms with E-state index in [0.717, 1.165) is 30.4 Å². The molecule has 0 aliphatic carbocycles. The molecule has 2 atom stereocenters.